The number of halogens is 1. The van der Waals surface area contributed by atoms with Gasteiger partial charge in [-0.25, -0.2) is 4.39 Å². The lowest BCUT2D eigenvalue weighted by Crippen LogP contribution is -2.38. The molecule has 2 atom stereocenters. The van der Waals surface area contributed by atoms with Crippen LogP contribution in [-0.2, 0) is 0 Å². The second kappa shape index (κ2) is 6.69. The van der Waals surface area contributed by atoms with Crippen LogP contribution in [-0.4, -0.2) is 26.3 Å². The normalized spacial score (nSPS) is 36.0. The first kappa shape index (κ1) is 9.28. The largest absolute Gasteiger partial charge is 0.493 e. The van der Waals surface area contributed by atoms with Crippen LogP contribution in [0.3, 0.4) is 0 Å². The van der Waals surface area contributed by atoms with E-state index < -0.39 is 37.4 Å². The molecule has 24 heavy (non-hydrogen) atoms. The van der Waals surface area contributed by atoms with E-state index >= 15 is 0 Å². The highest BCUT2D eigenvalue weighted by Crippen LogP contribution is 2.36. The molecule has 4 nitrogen and oxygen atoms in total. The van der Waals surface area contributed by atoms with Crippen molar-refractivity contribution in [3.63, 3.8) is 0 Å². The molecule has 0 radical (unpaired) electrons. The quantitative estimate of drug-likeness (QED) is 0.930. The maximum atomic E-state index is 13.4. The van der Waals surface area contributed by atoms with Gasteiger partial charge in [0.15, 0.2) is 11.5 Å². The molecule has 0 spiro atoms. The van der Waals surface area contributed by atoms with Crippen LogP contribution >= 0.6 is 0 Å². The number of rotatable bonds is 4. The minimum Gasteiger partial charge on any atom is -0.493 e. The summed E-state index contributed by atoms with van der Waals surface area (Å²) in [6.07, 6.45) is -0.374. The highest BCUT2D eigenvalue weighted by Gasteiger charge is 2.27. The molecule has 0 saturated carbocycles. The van der Waals surface area contributed by atoms with Gasteiger partial charge in [-0.05, 0) is 48.6 Å². The fourth-order valence-corrected chi connectivity index (χ4v) is 2.63. The monoisotopic (exact) mass is 336 g/mol. The molecule has 2 aromatic rings. The van der Waals surface area contributed by atoms with Gasteiger partial charge < -0.3 is 19.5 Å². The molecule has 5 heteroatoms. The summed E-state index contributed by atoms with van der Waals surface area (Å²) in [5.41, 5.74) is 0.274. The van der Waals surface area contributed by atoms with Gasteiger partial charge >= 0.3 is 0 Å². The fourth-order valence-electron chi connectivity index (χ4n) is 2.63. The number of piperidine rings is 1. The average molecular weight is 336 g/mol. The van der Waals surface area contributed by atoms with E-state index in [9.17, 15) is 4.39 Å². The summed E-state index contributed by atoms with van der Waals surface area (Å²) >= 11 is 0. The van der Waals surface area contributed by atoms with Gasteiger partial charge in [-0.3, -0.25) is 0 Å². The summed E-state index contributed by atoms with van der Waals surface area (Å²) in [6, 6.07) is 9.37. The standard InChI is InChI=1S/C19H20FNO3/c20-15-3-1-13(2-4-15)17-7-8-21-10-14(17)11-22-16-5-6-18-19(9-16)24-12-23-18/h1-6,9,14,17,21H,7-8,10-12H2/t14-,17?/m0/s1/i8D2,10D2,12D2,17D. The molecule has 2 aliphatic rings. The molecule has 1 unspecified atom stereocenters. The Kier molecular flexibility index (Phi) is 2.59. The van der Waals surface area contributed by atoms with E-state index in [1.165, 1.54) is 30.3 Å². The van der Waals surface area contributed by atoms with E-state index in [4.69, 9.17) is 23.8 Å². The summed E-state index contributed by atoms with van der Waals surface area (Å²) in [7, 11) is 0. The Balaban J connectivity index is 1.62. The Labute approximate surface area is 150 Å². The maximum Gasteiger partial charge on any atom is 0.231 e. The van der Waals surface area contributed by atoms with E-state index in [-0.39, 0.29) is 35.8 Å². The third-order valence-corrected chi connectivity index (χ3v) is 3.88. The van der Waals surface area contributed by atoms with E-state index in [0.717, 1.165) is 12.1 Å². The predicted octanol–water partition coefficient (Wildman–Crippen LogP) is 3.33. The highest BCUT2D eigenvalue weighted by atomic mass is 19.1. The molecule has 2 aliphatic heterocycles. The number of benzene rings is 2. The first-order valence-electron chi connectivity index (χ1n) is 11.0. The lowest BCUT2D eigenvalue weighted by atomic mass is 9.81. The zero-order chi connectivity index (χ0) is 22.7. The van der Waals surface area contributed by atoms with Crippen LogP contribution in [0.2, 0.25) is 0 Å². The first-order chi connectivity index (χ1) is 14.3. The summed E-state index contributed by atoms with van der Waals surface area (Å²) < 4.78 is 86.0. The molecule has 4 rings (SSSR count). The van der Waals surface area contributed by atoms with Crippen molar-refractivity contribution in [2.75, 3.05) is 26.3 Å². The maximum absolute atomic E-state index is 13.4. The summed E-state index contributed by atoms with van der Waals surface area (Å²) in [4.78, 5) is 0. The second-order valence-electron chi connectivity index (χ2n) is 5.41. The van der Waals surface area contributed by atoms with E-state index in [1.54, 1.807) is 0 Å². The van der Waals surface area contributed by atoms with Crippen LogP contribution in [0, 0.1) is 11.7 Å². The molecular weight excluding hydrogens is 309 g/mol. The molecule has 0 bridgehead atoms. The lowest BCUT2D eigenvalue weighted by molar-refractivity contribution is 0.173. The SMILES string of the molecule is [2H]C1([2H])CC([2H])(c2ccc(F)cc2)[C@H](COc2ccc3c(c2)OC([2H])([2H])O3)C([2H])([2H])N1. The van der Waals surface area contributed by atoms with Gasteiger partial charge in [-0.1, -0.05) is 12.1 Å². The molecule has 1 fully saturated rings. The van der Waals surface area contributed by atoms with Crippen molar-refractivity contribution in [2.45, 2.75) is 12.3 Å². The Morgan fingerprint density at radius 3 is 2.92 bits per heavy atom. The van der Waals surface area contributed by atoms with Gasteiger partial charge in [0, 0.05) is 25.3 Å². The molecule has 2 aromatic carbocycles. The van der Waals surface area contributed by atoms with Crippen molar-refractivity contribution in [3.05, 3.63) is 53.8 Å². The van der Waals surface area contributed by atoms with Gasteiger partial charge in [0.1, 0.15) is 14.3 Å². The third-order valence-electron chi connectivity index (χ3n) is 3.88. The van der Waals surface area contributed by atoms with E-state index in [2.05, 4.69) is 5.32 Å². The van der Waals surface area contributed by atoms with Crippen LogP contribution in [0.1, 0.15) is 27.5 Å². The van der Waals surface area contributed by atoms with E-state index in [0.29, 0.717) is 0 Å². The minimum atomic E-state index is -2.31. The Morgan fingerprint density at radius 2 is 2.04 bits per heavy atom. The van der Waals surface area contributed by atoms with Crippen LogP contribution in [0.5, 0.6) is 17.2 Å². The van der Waals surface area contributed by atoms with Crippen molar-refractivity contribution < 1.29 is 28.2 Å². The number of fused-ring (bicyclic) bond motifs is 1. The van der Waals surface area contributed by atoms with Gasteiger partial charge in [0.05, 0.1) is 6.61 Å². The molecular formula is C19H20FNO3. The van der Waals surface area contributed by atoms with Crippen LogP contribution in [0.4, 0.5) is 4.39 Å². The lowest BCUT2D eigenvalue weighted by Gasteiger charge is -2.32. The molecule has 2 heterocycles. The number of hydrogen-bond donors (Lipinski definition) is 1. The zero-order valence-electron chi connectivity index (χ0n) is 19.6. The van der Waals surface area contributed by atoms with Gasteiger partial charge in [0.2, 0.25) is 6.75 Å². The number of nitrogens with one attached hydrogen (secondary N) is 1. The molecule has 0 aliphatic carbocycles. The average Bonchev–Trinajstić information content (AvgIpc) is 2.92. The Bertz CT molecular complexity index is 989. The van der Waals surface area contributed by atoms with Gasteiger partial charge in [0.25, 0.3) is 0 Å². The molecule has 1 saturated heterocycles. The zero-order valence-corrected chi connectivity index (χ0v) is 12.6. The van der Waals surface area contributed by atoms with Gasteiger partial charge in [-0.2, -0.15) is 0 Å². The fraction of sp³-hybridized carbons (Fsp3) is 0.368. The predicted molar refractivity (Wildman–Crippen MR) is 88.2 cm³/mol. The van der Waals surface area contributed by atoms with Crippen molar-refractivity contribution >= 4 is 0 Å². The number of ether oxygens (including phenoxy) is 3. The molecule has 126 valence electrons. The third kappa shape index (κ3) is 3.17. The summed E-state index contributed by atoms with van der Waals surface area (Å²) in [5, 5.41) is 2.31. The molecule has 1 N–H and O–H groups in total. The second-order valence-corrected chi connectivity index (χ2v) is 5.41. The molecule has 0 aromatic heterocycles. The molecule has 0 amide bonds. The Hall–Kier alpha value is -2.27. The first-order valence-corrected chi connectivity index (χ1v) is 7.50. The number of hydrogen-bond acceptors (Lipinski definition) is 4. The van der Waals surface area contributed by atoms with Crippen LogP contribution in [0.25, 0.3) is 0 Å². The summed E-state index contributed by atoms with van der Waals surface area (Å²) in [5.74, 6) is -2.86. The summed E-state index contributed by atoms with van der Waals surface area (Å²) in [6.45, 7) is -7.08. The van der Waals surface area contributed by atoms with Gasteiger partial charge in [-0.15, -0.1) is 0 Å². The van der Waals surface area contributed by atoms with Crippen molar-refractivity contribution in [1.29, 1.82) is 0 Å². The Morgan fingerprint density at radius 1 is 1.21 bits per heavy atom. The highest BCUT2D eigenvalue weighted by molar-refractivity contribution is 5.46. The van der Waals surface area contributed by atoms with Crippen LogP contribution < -0.4 is 19.5 Å². The smallest absolute Gasteiger partial charge is 0.231 e. The van der Waals surface area contributed by atoms with Crippen molar-refractivity contribution in [2.24, 2.45) is 5.92 Å². The topological polar surface area (TPSA) is 39.7 Å². The minimum absolute atomic E-state index is 0.124. The van der Waals surface area contributed by atoms with Crippen LogP contribution in [0.15, 0.2) is 42.5 Å². The van der Waals surface area contributed by atoms with Crippen molar-refractivity contribution in [3.8, 4) is 17.2 Å². The van der Waals surface area contributed by atoms with E-state index in [1.807, 2.05) is 0 Å². The van der Waals surface area contributed by atoms with Crippen molar-refractivity contribution in [1.82, 2.24) is 5.32 Å².